The van der Waals surface area contributed by atoms with Crippen molar-refractivity contribution in [1.82, 2.24) is 9.55 Å². The summed E-state index contributed by atoms with van der Waals surface area (Å²) in [4.78, 5) is 19.9. The summed E-state index contributed by atoms with van der Waals surface area (Å²) in [7, 11) is 1.64. The zero-order chi connectivity index (χ0) is 25.1. The Morgan fingerprint density at radius 3 is 2.53 bits per heavy atom. The fraction of sp³-hybridized carbons (Fsp3) is 0.333. The summed E-state index contributed by atoms with van der Waals surface area (Å²) in [6.45, 7) is 6.29. The van der Waals surface area contributed by atoms with Crippen LogP contribution in [0.2, 0.25) is 0 Å². The highest BCUT2D eigenvalue weighted by Crippen LogP contribution is 2.37. The average Bonchev–Trinajstić information content (AvgIpc) is 3.43. The molecule has 0 aliphatic carbocycles. The van der Waals surface area contributed by atoms with Crippen molar-refractivity contribution in [2.75, 3.05) is 25.2 Å². The van der Waals surface area contributed by atoms with Crippen molar-refractivity contribution in [3.8, 4) is 11.5 Å². The molecule has 0 spiro atoms. The van der Waals surface area contributed by atoms with Gasteiger partial charge >= 0.3 is 0 Å². The zero-order valence-electron chi connectivity index (χ0n) is 21.2. The molecule has 1 saturated heterocycles. The Balaban J connectivity index is 1.30. The number of hydrogen-bond acceptors (Lipinski definition) is 4. The smallest absolute Gasteiger partial charge is 0.227 e. The minimum Gasteiger partial charge on any atom is -0.495 e. The van der Waals surface area contributed by atoms with Crippen LogP contribution in [-0.4, -0.2) is 35.7 Å². The molecular weight excluding hydrogens is 450 g/mol. The first-order valence-electron chi connectivity index (χ1n) is 12.6. The number of hydrogen-bond donors (Lipinski definition) is 0. The van der Waals surface area contributed by atoms with E-state index in [1.807, 2.05) is 41.3 Å². The third-order valence-corrected chi connectivity index (χ3v) is 6.79. The number of ether oxygens (including phenoxy) is 2. The van der Waals surface area contributed by atoms with Gasteiger partial charge in [-0.2, -0.15) is 0 Å². The van der Waals surface area contributed by atoms with E-state index in [0.29, 0.717) is 25.3 Å². The Bertz CT molecular complexity index is 1360. The van der Waals surface area contributed by atoms with E-state index < -0.39 is 0 Å². The monoisotopic (exact) mass is 483 g/mol. The first-order chi connectivity index (χ1) is 17.5. The van der Waals surface area contributed by atoms with Crippen molar-refractivity contribution in [3.05, 3.63) is 83.7 Å². The van der Waals surface area contributed by atoms with E-state index in [1.165, 1.54) is 11.1 Å². The fourth-order valence-corrected chi connectivity index (χ4v) is 5.19. The van der Waals surface area contributed by atoms with Crippen LogP contribution in [-0.2, 0) is 11.3 Å². The third-order valence-electron chi connectivity index (χ3n) is 6.79. The summed E-state index contributed by atoms with van der Waals surface area (Å²) in [5.74, 6) is 2.76. The number of methoxy groups -OCH3 is 1. The molecule has 4 aromatic rings. The predicted molar refractivity (Wildman–Crippen MR) is 143 cm³/mol. The summed E-state index contributed by atoms with van der Waals surface area (Å²) in [6, 6.07) is 22.2. The van der Waals surface area contributed by atoms with Gasteiger partial charge in [0.15, 0.2) is 0 Å². The largest absolute Gasteiger partial charge is 0.495 e. The maximum absolute atomic E-state index is 13.1. The van der Waals surface area contributed by atoms with E-state index in [-0.39, 0.29) is 11.8 Å². The van der Waals surface area contributed by atoms with Gasteiger partial charge in [0.1, 0.15) is 17.3 Å². The summed E-state index contributed by atoms with van der Waals surface area (Å²) in [5, 5.41) is 0. The first-order valence-corrected chi connectivity index (χ1v) is 12.6. The van der Waals surface area contributed by atoms with Crippen LogP contribution in [0.15, 0.2) is 66.7 Å². The zero-order valence-corrected chi connectivity index (χ0v) is 21.2. The van der Waals surface area contributed by atoms with Crippen molar-refractivity contribution in [2.45, 2.75) is 45.6 Å². The van der Waals surface area contributed by atoms with Crippen LogP contribution >= 0.6 is 0 Å². The number of imidazole rings is 1. The number of para-hydroxylation sites is 4. The molecule has 6 heteroatoms. The number of benzene rings is 3. The van der Waals surface area contributed by atoms with Crippen LogP contribution in [0, 0.1) is 13.8 Å². The Labute approximate surface area is 212 Å². The third kappa shape index (κ3) is 4.94. The Hall–Kier alpha value is -3.80. The second-order valence-corrected chi connectivity index (χ2v) is 9.57. The number of anilines is 1. The number of unbranched alkanes of at least 4 members (excludes halogenated alkanes) is 1. The molecule has 6 nitrogen and oxygen atoms in total. The van der Waals surface area contributed by atoms with Gasteiger partial charge in [-0.15, -0.1) is 0 Å². The Morgan fingerprint density at radius 2 is 1.72 bits per heavy atom. The van der Waals surface area contributed by atoms with Crippen LogP contribution in [0.1, 0.15) is 42.1 Å². The van der Waals surface area contributed by atoms with Gasteiger partial charge in [-0.05, 0) is 74.2 Å². The molecule has 0 radical (unpaired) electrons. The van der Waals surface area contributed by atoms with Gasteiger partial charge in [-0.25, -0.2) is 4.98 Å². The van der Waals surface area contributed by atoms with Gasteiger partial charge in [0.2, 0.25) is 5.91 Å². The number of rotatable bonds is 9. The highest BCUT2D eigenvalue weighted by Gasteiger charge is 2.35. The van der Waals surface area contributed by atoms with Crippen LogP contribution < -0.4 is 14.4 Å². The molecule has 1 aliphatic rings. The van der Waals surface area contributed by atoms with Crippen molar-refractivity contribution in [1.29, 1.82) is 0 Å². The Morgan fingerprint density at radius 1 is 0.972 bits per heavy atom. The van der Waals surface area contributed by atoms with Crippen LogP contribution in [0.4, 0.5) is 5.69 Å². The number of carbonyl (C=O) groups is 1. The SMILES string of the molecule is COc1ccccc1N1CC(c2nc3ccccc3n2CCCCOc2cc(C)cc(C)c2)CC1=O. The van der Waals surface area contributed by atoms with Gasteiger partial charge in [0.25, 0.3) is 0 Å². The summed E-state index contributed by atoms with van der Waals surface area (Å²) >= 11 is 0. The highest BCUT2D eigenvalue weighted by molar-refractivity contribution is 5.97. The van der Waals surface area contributed by atoms with Crippen molar-refractivity contribution < 1.29 is 14.3 Å². The summed E-state index contributed by atoms with van der Waals surface area (Å²) in [6.07, 6.45) is 2.35. The minimum absolute atomic E-state index is 0.0290. The first kappa shape index (κ1) is 23.9. The predicted octanol–water partition coefficient (Wildman–Crippen LogP) is 6.04. The van der Waals surface area contributed by atoms with Gasteiger partial charge in [0, 0.05) is 25.4 Å². The summed E-state index contributed by atoms with van der Waals surface area (Å²) < 4.78 is 13.8. The van der Waals surface area contributed by atoms with Crippen molar-refractivity contribution in [2.24, 2.45) is 0 Å². The van der Waals surface area contributed by atoms with E-state index in [0.717, 1.165) is 47.7 Å². The van der Waals surface area contributed by atoms with Crippen molar-refractivity contribution >= 4 is 22.6 Å². The quantitative estimate of drug-likeness (QED) is 0.272. The van der Waals surface area contributed by atoms with Crippen LogP contribution in [0.3, 0.4) is 0 Å². The molecule has 5 rings (SSSR count). The lowest BCUT2D eigenvalue weighted by Crippen LogP contribution is -2.25. The van der Waals surface area contributed by atoms with Gasteiger partial charge < -0.3 is 18.9 Å². The molecular formula is C30H33N3O3. The van der Waals surface area contributed by atoms with Crippen LogP contribution in [0.5, 0.6) is 11.5 Å². The van der Waals surface area contributed by atoms with E-state index in [4.69, 9.17) is 14.5 Å². The molecule has 186 valence electrons. The molecule has 0 N–H and O–H groups in total. The van der Waals surface area contributed by atoms with Gasteiger partial charge in [-0.3, -0.25) is 4.79 Å². The highest BCUT2D eigenvalue weighted by atomic mass is 16.5. The molecule has 2 heterocycles. The van der Waals surface area contributed by atoms with E-state index in [9.17, 15) is 4.79 Å². The number of aromatic nitrogens is 2. The van der Waals surface area contributed by atoms with Crippen molar-refractivity contribution in [3.63, 3.8) is 0 Å². The number of amides is 1. The molecule has 3 aromatic carbocycles. The second kappa shape index (κ2) is 10.4. The second-order valence-electron chi connectivity index (χ2n) is 9.57. The van der Waals surface area contributed by atoms with E-state index >= 15 is 0 Å². The molecule has 0 saturated carbocycles. The maximum Gasteiger partial charge on any atom is 0.227 e. The lowest BCUT2D eigenvalue weighted by atomic mass is 10.1. The molecule has 1 unspecified atom stereocenters. The molecule has 0 bridgehead atoms. The molecule has 1 atom stereocenters. The van der Waals surface area contributed by atoms with Crippen LogP contribution in [0.25, 0.3) is 11.0 Å². The molecule has 1 amide bonds. The summed E-state index contributed by atoms with van der Waals surface area (Å²) in [5.41, 5.74) is 5.34. The standard InChI is InChI=1S/C30H33N3O3/c1-21-16-22(2)18-24(17-21)36-15-9-8-14-32-26-11-5-4-10-25(26)31-30(32)23-19-29(34)33(20-23)27-12-6-7-13-28(27)35-3/h4-7,10-13,16-18,23H,8-9,14-15,19-20H2,1-3H3. The lowest BCUT2D eigenvalue weighted by molar-refractivity contribution is -0.117. The number of nitrogens with zero attached hydrogens (tertiary/aromatic N) is 3. The van der Waals surface area contributed by atoms with Gasteiger partial charge in [-0.1, -0.05) is 30.3 Å². The molecule has 1 aliphatic heterocycles. The van der Waals surface area contributed by atoms with Gasteiger partial charge in [0.05, 0.1) is 30.4 Å². The number of carbonyl (C=O) groups excluding carboxylic acids is 1. The fourth-order valence-electron chi connectivity index (χ4n) is 5.19. The molecule has 1 aromatic heterocycles. The van der Waals surface area contributed by atoms with E-state index in [2.05, 4.69) is 48.7 Å². The topological polar surface area (TPSA) is 56.6 Å². The van der Waals surface area contributed by atoms with E-state index in [1.54, 1.807) is 7.11 Å². The lowest BCUT2D eigenvalue weighted by Gasteiger charge is -2.19. The number of fused-ring (bicyclic) bond motifs is 1. The Kier molecular flexibility index (Phi) is 6.94. The minimum atomic E-state index is 0.0290. The number of aryl methyl sites for hydroxylation is 3. The molecule has 36 heavy (non-hydrogen) atoms. The average molecular weight is 484 g/mol. The molecule has 1 fully saturated rings. The normalized spacial score (nSPS) is 15.6. The maximum atomic E-state index is 13.1.